The Kier molecular flexibility index (Phi) is 3.55. The van der Waals surface area contributed by atoms with Gasteiger partial charge in [0.15, 0.2) is 5.76 Å². The first-order valence-corrected chi connectivity index (χ1v) is 5.85. The number of furan rings is 1. The molecule has 0 radical (unpaired) electrons. The summed E-state index contributed by atoms with van der Waals surface area (Å²) in [6, 6.07) is 0.645. The molecular weight excluding hydrogens is 252 g/mol. The number of nitrogens with one attached hydrogen (secondary N) is 1. The third kappa shape index (κ3) is 2.59. The Balaban J connectivity index is 2.25. The van der Waals surface area contributed by atoms with Gasteiger partial charge in [0.2, 0.25) is 5.91 Å². The Morgan fingerprint density at radius 3 is 2.89 bits per heavy atom. The maximum Gasteiger partial charge on any atom is 0.305 e. The van der Waals surface area contributed by atoms with Gasteiger partial charge in [-0.2, -0.15) is 0 Å². The fourth-order valence-electron chi connectivity index (χ4n) is 2.05. The van der Waals surface area contributed by atoms with Gasteiger partial charge in [-0.15, -0.1) is 0 Å². The smallest absolute Gasteiger partial charge is 0.305 e. The van der Waals surface area contributed by atoms with E-state index in [0.717, 1.165) is 0 Å². The van der Waals surface area contributed by atoms with Gasteiger partial charge in [-0.3, -0.25) is 14.4 Å². The molecule has 1 saturated heterocycles. The molecule has 1 aromatic heterocycles. The highest BCUT2D eigenvalue weighted by molar-refractivity contribution is 5.98. The number of carbonyl (C=O) groups excluding carboxylic acids is 2. The van der Waals surface area contributed by atoms with Crippen molar-refractivity contribution < 1.29 is 23.9 Å². The van der Waals surface area contributed by atoms with Crippen LogP contribution in [0.2, 0.25) is 0 Å². The van der Waals surface area contributed by atoms with Crippen molar-refractivity contribution in [3.8, 4) is 0 Å². The lowest BCUT2D eigenvalue weighted by atomic mass is 10.1. The van der Waals surface area contributed by atoms with Crippen molar-refractivity contribution in [2.24, 2.45) is 0 Å². The first-order valence-electron chi connectivity index (χ1n) is 5.85. The van der Waals surface area contributed by atoms with Crippen LogP contribution in [0.3, 0.4) is 0 Å². The Hall–Kier alpha value is -2.31. The first-order chi connectivity index (χ1) is 9.00. The maximum absolute atomic E-state index is 12.3. The molecule has 1 fully saturated rings. The van der Waals surface area contributed by atoms with Crippen LogP contribution in [0.5, 0.6) is 0 Å². The van der Waals surface area contributed by atoms with Crippen LogP contribution in [0.4, 0.5) is 0 Å². The highest BCUT2D eigenvalue weighted by Gasteiger charge is 2.36. The largest absolute Gasteiger partial charge is 0.481 e. The van der Waals surface area contributed by atoms with Crippen LogP contribution in [-0.4, -0.2) is 46.9 Å². The van der Waals surface area contributed by atoms with Crippen LogP contribution in [0.25, 0.3) is 0 Å². The number of carbonyl (C=O) groups is 3. The van der Waals surface area contributed by atoms with Crippen molar-refractivity contribution in [1.29, 1.82) is 0 Å². The zero-order valence-electron chi connectivity index (χ0n) is 10.4. The van der Waals surface area contributed by atoms with Crippen molar-refractivity contribution >= 4 is 17.8 Å². The molecule has 7 nitrogen and oxygen atoms in total. The van der Waals surface area contributed by atoms with Gasteiger partial charge in [-0.05, 0) is 13.0 Å². The topological polar surface area (TPSA) is 99.9 Å². The first kappa shape index (κ1) is 13.1. The lowest BCUT2D eigenvalue weighted by Crippen LogP contribution is -2.57. The number of nitrogens with zero attached hydrogens (tertiary/aromatic N) is 1. The number of rotatable bonds is 3. The van der Waals surface area contributed by atoms with Gasteiger partial charge in [0.05, 0.1) is 12.7 Å². The van der Waals surface area contributed by atoms with Gasteiger partial charge in [0.1, 0.15) is 6.04 Å². The van der Waals surface area contributed by atoms with Crippen molar-refractivity contribution in [1.82, 2.24) is 10.2 Å². The maximum atomic E-state index is 12.3. The third-order valence-corrected chi connectivity index (χ3v) is 3.02. The summed E-state index contributed by atoms with van der Waals surface area (Å²) in [4.78, 5) is 36.0. The molecule has 2 amide bonds. The Morgan fingerprint density at radius 2 is 2.32 bits per heavy atom. The van der Waals surface area contributed by atoms with Gasteiger partial charge >= 0.3 is 5.97 Å². The van der Waals surface area contributed by atoms with Gasteiger partial charge in [-0.25, -0.2) is 0 Å². The second kappa shape index (κ2) is 5.13. The molecule has 1 aliphatic rings. The molecule has 1 unspecified atom stereocenters. The number of amides is 2. The van der Waals surface area contributed by atoms with Crippen LogP contribution in [0.1, 0.15) is 22.5 Å². The van der Waals surface area contributed by atoms with E-state index in [0.29, 0.717) is 12.1 Å². The molecular formula is C12H14N2O5. The van der Waals surface area contributed by atoms with Crippen molar-refractivity contribution in [2.75, 3.05) is 13.1 Å². The molecule has 2 heterocycles. The summed E-state index contributed by atoms with van der Waals surface area (Å²) in [7, 11) is 0. The minimum atomic E-state index is -1.13. The van der Waals surface area contributed by atoms with E-state index in [1.807, 2.05) is 0 Å². The molecule has 7 heteroatoms. The lowest BCUT2D eigenvalue weighted by molar-refractivity contribution is -0.142. The molecule has 1 aromatic rings. The number of hydrogen-bond acceptors (Lipinski definition) is 4. The summed E-state index contributed by atoms with van der Waals surface area (Å²) in [5.41, 5.74) is 0.657. The van der Waals surface area contributed by atoms with Gasteiger partial charge in [0, 0.05) is 18.7 Å². The van der Waals surface area contributed by atoms with Gasteiger partial charge in [0.25, 0.3) is 5.91 Å². The van der Waals surface area contributed by atoms with Gasteiger partial charge < -0.3 is 19.7 Å². The van der Waals surface area contributed by atoms with E-state index in [2.05, 4.69) is 5.32 Å². The van der Waals surface area contributed by atoms with Crippen LogP contribution in [-0.2, 0) is 9.59 Å². The van der Waals surface area contributed by atoms with Gasteiger partial charge in [-0.1, -0.05) is 0 Å². The zero-order valence-corrected chi connectivity index (χ0v) is 10.4. The van der Waals surface area contributed by atoms with Crippen LogP contribution in [0.15, 0.2) is 16.7 Å². The summed E-state index contributed by atoms with van der Waals surface area (Å²) in [6.07, 6.45) is 0.968. The molecule has 2 rings (SSSR count). The average molecular weight is 266 g/mol. The van der Waals surface area contributed by atoms with E-state index in [4.69, 9.17) is 9.52 Å². The number of carboxylic acid groups (broad SMARTS) is 1. The second-order valence-corrected chi connectivity index (χ2v) is 4.34. The SMILES string of the molecule is Cc1ccoc1C(=O)N1CCNC(=O)C1CC(=O)O. The Bertz CT molecular complexity index is 522. The molecule has 1 aliphatic heterocycles. The molecule has 0 aromatic carbocycles. The summed E-state index contributed by atoms with van der Waals surface area (Å²) < 4.78 is 5.10. The lowest BCUT2D eigenvalue weighted by Gasteiger charge is -2.33. The minimum absolute atomic E-state index is 0.144. The van der Waals surface area contributed by atoms with Crippen LogP contribution in [0, 0.1) is 6.92 Å². The second-order valence-electron chi connectivity index (χ2n) is 4.34. The average Bonchev–Trinajstić information content (AvgIpc) is 2.77. The van der Waals surface area contributed by atoms with Crippen molar-refractivity contribution in [3.05, 3.63) is 23.7 Å². The number of carboxylic acids is 1. The van der Waals surface area contributed by atoms with Crippen molar-refractivity contribution in [2.45, 2.75) is 19.4 Å². The van der Waals surface area contributed by atoms with E-state index in [9.17, 15) is 14.4 Å². The third-order valence-electron chi connectivity index (χ3n) is 3.02. The number of aliphatic carboxylic acids is 1. The summed E-state index contributed by atoms with van der Waals surface area (Å²) >= 11 is 0. The molecule has 0 aliphatic carbocycles. The molecule has 102 valence electrons. The predicted octanol–water partition coefficient (Wildman–Crippen LogP) is 0.00332. The summed E-state index contributed by atoms with van der Waals surface area (Å²) in [5, 5.41) is 11.4. The van der Waals surface area contributed by atoms with E-state index in [1.165, 1.54) is 11.2 Å². The predicted molar refractivity (Wildman–Crippen MR) is 63.5 cm³/mol. The van der Waals surface area contributed by atoms with E-state index < -0.39 is 30.2 Å². The summed E-state index contributed by atoms with van der Waals surface area (Å²) in [5.74, 6) is -1.89. The molecule has 2 N–H and O–H groups in total. The molecule has 0 saturated carbocycles. The standard InChI is InChI=1S/C12H14N2O5/c1-7-2-5-19-10(7)12(18)14-4-3-13-11(17)8(14)6-9(15)16/h2,5,8H,3-4,6H2,1H3,(H,13,17)(H,15,16). The van der Waals surface area contributed by atoms with E-state index in [-0.39, 0.29) is 12.3 Å². The number of aryl methyl sites for hydroxylation is 1. The minimum Gasteiger partial charge on any atom is -0.481 e. The Morgan fingerprint density at radius 1 is 1.58 bits per heavy atom. The highest BCUT2D eigenvalue weighted by atomic mass is 16.4. The monoisotopic (exact) mass is 266 g/mol. The normalized spacial score (nSPS) is 19.1. The van der Waals surface area contributed by atoms with E-state index >= 15 is 0 Å². The summed E-state index contributed by atoms with van der Waals surface area (Å²) in [6.45, 7) is 2.29. The van der Waals surface area contributed by atoms with Crippen LogP contribution < -0.4 is 5.32 Å². The molecule has 19 heavy (non-hydrogen) atoms. The van der Waals surface area contributed by atoms with Crippen molar-refractivity contribution in [3.63, 3.8) is 0 Å². The molecule has 1 atom stereocenters. The quantitative estimate of drug-likeness (QED) is 0.802. The van der Waals surface area contributed by atoms with E-state index in [1.54, 1.807) is 13.0 Å². The fraction of sp³-hybridized carbons (Fsp3) is 0.417. The highest BCUT2D eigenvalue weighted by Crippen LogP contribution is 2.17. The zero-order chi connectivity index (χ0) is 14.0. The molecule has 0 bridgehead atoms. The number of hydrogen-bond donors (Lipinski definition) is 2. The van der Waals surface area contributed by atoms with Crippen LogP contribution >= 0.6 is 0 Å². The fourth-order valence-corrected chi connectivity index (χ4v) is 2.05. The molecule has 0 spiro atoms. The number of piperazine rings is 1. The Labute approximate surface area is 109 Å².